The molecule has 6 rings (SSSR count). The van der Waals surface area contributed by atoms with Crippen LogP contribution >= 0.6 is 46.3 Å². The minimum Gasteiger partial charge on any atom is -0.379 e. The Hall–Kier alpha value is -3.66. The largest absolute Gasteiger partial charge is 0.379 e. The Labute approximate surface area is 302 Å². The third-order valence-electron chi connectivity index (χ3n) is 7.09. The number of nitrogens with zero attached hydrogens (tertiary/aromatic N) is 2. The lowest BCUT2D eigenvalue weighted by Gasteiger charge is -2.19. The van der Waals surface area contributed by atoms with Gasteiger partial charge < -0.3 is 8.37 Å². The second-order valence-corrected chi connectivity index (χ2v) is 17.7. The van der Waals surface area contributed by atoms with Crippen LogP contribution in [0.25, 0.3) is 21.8 Å². The molecule has 0 N–H and O–H groups in total. The highest BCUT2D eigenvalue weighted by atomic mass is 35.5. The average Bonchev–Trinajstić information content (AvgIpc) is 3.46. The molecule has 6 aromatic rings. The van der Waals surface area contributed by atoms with Gasteiger partial charge in [-0.3, -0.25) is 17.5 Å². The molecule has 0 spiro atoms. The highest BCUT2D eigenvalue weighted by molar-refractivity contribution is 7.87. The van der Waals surface area contributed by atoms with Crippen molar-refractivity contribution in [3.8, 4) is 11.5 Å². The van der Waals surface area contributed by atoms with Crippen LogP contribution < -0.4 is 17.9 Å². The van der Waals surface area contributed by atoms with Crippen molar-refractivity contribution in [1.29, 1.82) is 0 Å². The predicted molar refractivity (Wildman–Crippen MR) is 198 cm³/mol. The zero-order valence-corrected chi connectivity index (χ0v) is 30.8. The van der Waals surface area contributed by atoms with Crippen molar-refractivity contribution in [2.75, 3.05) is 0 Å². The average molecular weight is 784 g/mol. The summed E-state index contributed by atoms with van der Waals surface area (Å²) in [6, 6.07) is 19.9. The summed E-state index contributed by atoms with van der Waals surface area (Å²) in [7, 11) is -4.63. The van der Waals surface area contributed by atoms with Crippen molar-refractivity contribution < 1.29 is 25.2 Å². The fraction of sp³-hybridized carbons (Fsp3) is 0.212. The third-order valence-corrected chi connectivity index (χ3v) is 11.8. The summed E-state index contributed by atoms with van der Waals surface area (Å²) in [4.78, 5) is 23.6. The first-order valence-corrected chi connectivity index (χ1v) is 19.1. The Bertz CT molecular complexity index is 2510. The summed E-state index contributed by atoms with van der Waals surface area (Å²) in [5.41, 5.74) is 2.41. The number of hydrogen-bond acceptors (Lipinski definition) is 10. The standard InChI is InChI=1S/C18H19NO4S2.C14H9Cl2NO4S2.CH4/c1-18(2,3)12-5-7-13(8-6-12)23-25(21,22)14-9-10-16-15(11-14)17(20)24-19(16)4;1-17-12-4-3-9(7-10(12)14(18)22-17)23(19,20)21-13-5-2-8(15)6-11(13)16;/h5-11H,1-4H3;2-7H,1H3;1H4. The Morgan fingerprint density at radius 2 is 1.12 bits per heavy atom. The van der Waals surface area contributed by atoms with Crippen LogP contribution in [0, 0.1) is 0 Å². The summed E-state index contributed by atoms with van der Waals surface area (Å²) in [6.07, 6.45) is 0. The maximum absolute atomic E-state index is 12.5. The van der Waals surface area contributed by atoms with Gasteiger partial charge in [-0.05, 0) is 101 Å². The lowest BCUT2D eigenvalue weighted by Crippen LogP contribution is -2.12. The molecular weight excluding hydrogens is 752 g/mol. The van der Waals surface area contributed by atoms with Crippen molar-refractivity contribution in [3.63, 3.8) is 0 Å². The first kappa shape index (κ1) is 38.1. The number of aryl methyl sites for hydroxylation is 2. The first-order valence-electron chi connectivity index (χ1n) is 14.0. The van der Waals surface area contributed by atoms with Crippen LogP contribution in [-0.4, -0.2) is 24.7 Å². The second-order valence-electron chi connectivity index (χ2n) is 11.5. The van der Waals surface area contributed by atoms with Crippen LogP contribution in [0.15, 0.2) is 98.2 Å². The summed E-state index contributed by atoms with van der Waals surface area (Å²) >= 11 is 13.7. The number of rotatable bonds is 6. The van der Waals surface area contributed by atoms with E-state index in [2.05, 4.69) is 20.8 Å². The molecule has 0 saturated carbocycles. The molecule has 0 atom stereocenters. The van der Waals surface area contributed by atoms with Crippen LogP contribution in [0.1, 0.15) is 33.8 Å². The van der Waals surface area contributed by atoms with Crippen molar-refractivity contribution in [1.82, 2.24) is 7.91 Å². The van der Waals surface area contributed by atoms with E-state index in [1.54, 1.807) is 46.3 Å². The molecule has 49 heavy (non-hydrogen) atoms. The SMILES string of the molecule is C.Cn1sc(=O)c2cc(S(=O)(=O)Oc3ccc(C(C)(C)C)cc3)ccc21.Cn1sc(=O)c2cc(S(=O)(=O)Oc3ccc(Cl)cc3Cl)ccc21. The van der Waals surface area contributed by atoms with Crippen molar-refractivity contribution in [3.05, 3.63) is 114 Å². The normalized spacial score (nSPS) is 11.9. The van der Waals surface area contributed by atoms with Crippen LogP contribution in [0.4, 0.5) is 0 Å². The molecule has 0 aliphatic rings. The van der Waals surface area contributed by atoms with E-state index in [1.807, 2.05) is 12.1 Å². The van der Waals surface area contributed by atoms with Gasteiger partial charge in [0, 0.05) is 19.1 Å². The highest BCUT2D eigenvalue weighted by Crippen LogP contribution is 2.31. The monoisotopic (exact) mass is 782 g/mol. The van der Waals surface area contributed by atoms with E-state index in [0.29, 0.717) is 26.8 Å². The number of aromatic nitrogens is 2. The van der Waals surface area contributed by atoms with Gasteiger partial charge in [0.05, 0.1) is 26.8 Å². The molecule has 0 saturated heterocycles. The highest BCUT2D eigenvalue weighted by Gasteiger charge is 2.22. The molecule has 4 aromatic carbocycles. The van der Waals surface area contributed by atoms with Gasteiger partial charge in [0.1, 0.15) is 15.5 Å². The van der Waals surface area contributed by atoms with Crippen molar-refractivity contribution >= 4 is 88.3 Å². The smallest absolute Gasteiger partial charge is 0.339 e. The molecule has 2 heterocycles. The van der Waals surface area contributed by atoms with Crippen molar-refractivity contribution in [2.24, 2.45) is 14.1 Å². The van der Waals surface area contributed by atoms with Gasteiger partial charge in [-0.25, -0.2) is 0 Å². The van der Waals surface area contributed by atoms with E-state index < -0.39 is 20.2 Å². The number of hydrogen-bond donors (Lipinski definition) is 0. The van der Waals surface area contributed by atoms with Crippen LogP contribution in [0.2, 0.25) is 10.0 Å². The molecule has 16 heteroatoms. The van der Waals surface area contributed by atoms with Gasteiger partial charge in [-0.2, -0.15) is 16.8 Å². The Kier molecular flexibility index (Phi) is 11.1. The second kappa shape index (κ2) is 14.3. The summed E-state index contributed by atoms with van der Waals surface area (Å²) in [5.74, 6) is 0.209. The van der Waals surface area contributed by atoms with E-state index in [1.165, 1.54) is 42.5 Å². The van der Waals surface area contributed by atoms with Gasteiger partial charge >= 0.3 is 20.2 Å². The molecule has 0 aliphatic heterocycles. The quantitative estimate of drug-likeness (QED) is 0.156. The Morgan fingerprint density at radius 3 is 1.57 bits per heavy atom. The number of benzene rings is 4. The fourth-order valence-electron chi connectivity index (χ4n) is 4.56. The van der Waals surface area contributed by atoms with Gasteiger partial charge in [0.2, 0.25) is 0 Å². The molecular formula is C33H32Cl2N2O8S4. The Morgan fingerprint density at radius 1 is 0.653 bits per heavy atom. The van der Waals surface area contributed by atoms with Crippen molar-refractivity contribution in [2.45, 2.75) is 43.4 Å². The summed E-state index contributed by atoms with van der Waals surface area (Å²) in [5, 5.41) is 1.14. The molecule has 0 unspecified atom stereocenters. The molecule has 10 nitrogen and oxygen atoms in total. The van der Waals surface area contributed by atoms with Crippen LogP contribution in [0.3, 0.4) is 0 Å². The van der Waals surface area contributed by atoms with Gasteiger partial charge in [-0.15, -0.1) is 0 Å². The lowest BCUT2D eigenvalue weighted by molar-refractivity contribution is 0.484. The van der Waals surface area contributed by atoms with Crippen LogP contribution in [0.5, 0.6) is 11.5 Å². The molecule has 0 amide bonds. The number of fused-ring (bicyclic) bond motifs is 2. The summed E-state index contributed by atoms with van der Waals surface area (Å²) in [6.45, 7) is 6.24. The van der Waals surface area contributed by atoms with Gasteiger partial charge in [-0.1, -0.05) is 63.5 Å². The van der Waals surface area contributed by atoms with Gasteiger partial charge in [0.15, 0.2) is 5.75 Å². The maximum atomic E-state index is 12.5. The molecule has 0 aliphatic carbocycles. The van der Waals surface area contributed by atoms with E-state index >= 15 is 0 Å². The zero-order chi connectivity index (χ0) is 35.2. The fourth-order valence-corrected chi connectivity index (χ4v) is 8.52. The maximum Gasteiger partial charge on any atom is 0.339 e. The van der Waals surface area contributed by atoms with E-state index in [9.17, 15) is 26.4 Å². The molecule has 0 radical (unpaired) electrons. The number of halogens is 2. The molecule has 0 fully saturated rings. The van der Waals surface area contributed by atoms with Gasteiger partial charge in [0.25, 0.3) is 9.48 Å². The van der Waals surface area contributed by atoms with E-state index in [0.717, 1.165) is 28.6 Å². The molecule has 260 valence electrons. The third kappa shape index (κ3) is 8.39. The predicted octanol–water partition coefficient (Wildman–Crippen LogP) is 7.98. The summed E-state index contributed by atoms with van der Waals surface area (Å²) < 4.78 is 63.0. The van der Waals surface area contributed by atoms with E-state index in [4.69, 9.17) is 31.6 Å². The Balaban J connectivity index is 0.000000217. The molecule has 2 aromatic heterocycles. The minimum absolute atomic E-state index is 0. The topological polar surface area (TPSA) is 131 Å². The first-order chi connectivity index (χ1) is 22.4. The zero-order valence-electron chi connectivity index (χ0n) is 26.1. The molecule has 0 bridgehead atoms. The van der Waals surface area contributed by atoms with Crippen LogP contribution in [-0.2, 0) is 39.7 Å². The lowest BCUT2D eigenvalue weighted by atomic mass is 9.87. The van der Waals surface area contributed by atoms with E-state index in [-0.39, 0.29) is 48.6 Å². The minimum atomic E-state index is -4.12.